The van der Waals surface area contributed by atoms with Gasteiger partial charge in [0.15, 0.2) is 0 Å². The van der Waals surface area contributed by atoms with Gasteiger partial charge in [0.2, 0.25) is 0 Å². The molecule has 0 saturated carbocycles. The highest BCUT2D eigenvalue weighted by atomic mass is 35.5. The summed E-state index contributed by atoms with van der Waals surface area (Å²) in [5.41, 5.74) is 6.20. The second-order valence-corrected chi connectivity index (χ2v) is 8.85. The lowest BCUT2D eigenvalue weighted by Gasteiger charge is -2.14. The minimum absolute atomic E-state index is 0.242. The first-order valence-corrected chi connectivity index (χ1v) is 10.8. The molecule has 0 radical (unpaired) electrons. The number of anilines is 1. The highest BCUT2D eigenvalue weighted by Gasteiger charge is 2.18. The van der Waals surface area contributed by atoms with E-state index in [1.54, 1.807) is 30.3 Å². The minimum atomic E-state index is -0.242. The predicted molar refractivity (Wildman–Crippen MR) is 131 cm³/mol. The van der Waals surface area contributed by atoms with Crippen LogP contribution in [0, 0.1) is 20.8 Å². The van der Waals surface area contributed by atoms with Crippen LogP contribution in [-0.4, -0.2) is 10.9 Å². The Morgan fingerprint density at radius 3 is 2.29 bits per heavy atom. The van der Waals surface area contributed by atoms with Gasteiger partial charge in [-0.2, -0.15) is 0 Å². The topological polar surface area (TPSA) is 42.0 Å². The van der Waals surface area contributed by atoms with Gasteiger partial charge in [0, 0.05) is 26.7 Å². The third-order valence-corrected chi connectivity index (χ3v) is 5.93. The standard InChI is InChI=1S/C25H19Cl3N2O/c1-13-8-15(3)24-19(9-13)20(25(31)30-22-11-17(27)5-4-14(22)2)12-23(29-24)18-7-6-16(26)10-21(18)28/h4-12H,1-3H3,(H,30,31). The Hall–Kier alpha value is -2.59. The molecule has 0 atom stereocenters. The summed E-state index contributed by atoms with van der Waals surface area (Å²) in [6.07, 6.45) is 0. The lowest BCUT2D eigenvalue weighted by atomic mass is 9.99. The fourth-order valence-corrected chi connectivity index (χ4v) is 4.30. The van der Waals surface area contributed by atoms with Gasteiger partial charge in [-0.05, 0) is 74.4 Å². The molecule has 4 rings (SSSR count). The first kappa shape index (κ1) is 21.6. The van der Waals surface area contributed by atoms with Crippen molar-refractivity contribution in [2.24, 2.45) is 0 Å². The molecule has 156 valence electrons. The first-order chi connectivity index (χ1) is 14.7. The van der Waals surface area contributed by atoms with Gasteiger partial charge in [-0.3, -0.25) is 4.79 Å². The van der Waals surface area contributed by atoms with Crippen LogP contribution in [0.5, 0.6) is 0 Å². The maximum absolute atomic E-state index is 13.4. The summed E-state index contributed by atoms with van der Waals surface area (Å²) in [5.74, 6) is -0.242. The van der Waals surface area contributed by atoms with Crippen LogP contribution in [0.15, 0.2) is 54.6 Å². The number of fused-ring (bicyclic) bond motifs is 1. The van der Waals surface area contributed by atoms with Gasteiger partial charge in [0.05, 0.1) is 21.8 Å². The Labute approximate surface area is 196 Å². The number of hydrogen-bond donors (Lipinski definition) is 1. The number of rotatable bonds is 3. The quantitative estimate of drug-likeness (QED) is 0.330. The predicted octanol–water partition coefficient (Wildman–Crippen LogP) is 8.04. The van der Waals surface area contributed by atoms with Gasteiger partial charge >= 0.3 is 0 Å². The number of benzene rings is 3. The number of nitrogens with one attached hydrogen (secondary N) is 1. The number of hydrogen-bond acceptors (Lipinski definition) is 2. The van der Waals surface area contributed by atoms with E-state index >= 15 is 0 Å². The van der Waals surface area contributed by atoms with Crippen molar-refractivity contribution in [3.8, 4) is 11.3 Å². The lowest BCUT2D eigenvalue weighted by molar-refractivity contribution is 0.102. The number of aromatic nitrogens is 1. The van der Waals surface area contributed by atoms with Crippen LogP contribution in [0.4, 0.5) is 5.69 Å². The molecule has 1 amide bonds. The highest BCUT2D eigenvalue weighted by molar-refractivity contribution is 6.36. The maximum atomic E-state index is 13.4. The Kier molecular flexibility index (Phi) is 5.94. The average molecular weight is 470 g/mol. The third kappa shape index (κ3) is 4.40. The van der Waals surface area contributed by atoms with E-state index in [0.29, 0.717) is 37.6 Å². The van der Waals surface area contributed by atoms with Crippen molar-refractivity contribution in [1.82, 2.24) is 4.98 Å². The molecule has 0 aliphatic rings. The number of pyridine rings is 1. The number of halogens is 3. The zero-order valence-electron chi connectivity index (χ0n) is 17.2. The van der Waals surface area contributed by atoms with Gasteiger partial charge in [0.25, 0.3) is 5.91 Å². The van der Waals surface area contributed by atoms with Crippen LogP contribution in [0.2, 0.25) is 15.1 Å². The summed E-state index contributed by atoms with van der Waals surface area (Å²) in [6.45, 7) is 5.90. The number of carbonyl (C=O) groups excluding carboxylic acids is 1. The monoisotopic (exact) mass is 468 g/mol. The summed E-state index contributed by atoms with van der Waals surface area (Å²) in [5, 5.41) is 5.34. The summed E-state index contributed by atoms with van der Waals surface area (Å²) < 4.78 is 0. The maximum Gasteiger partial charge on any atom is 0.256 e. The zero-order chi connectivity index (χ0) is 22.3. The Bertz CT molecular complexity index is 1350. The number of nitrogens with zero attached hydrogens (tertiary/aromatic N) is 1. The molecule has 0 aliphatic heterocycles. The molecule has 4 aromatic rings. The molecule has 0 spiro atoms. The van der Waals surface area contributed by atoms with Crippen molar-refractivity contribution in [3.05, 3.63) is 91.9 Å². The first-order valence-electron chi connectivity index (χ1n) is 9.68. The molecule has 3 aromatic carbocycles. The Morgan fingerprint density at radius 2 is 1.55 bits per heavy atom. The van der Waals surface area contributed by atoms with E-state index in [9.17, 15) is 4.79 Å². The number of carbonyl (C=O) groups is 1. The summed E-state index contributed by atoms with van der Waals surface area (Å²) in [6, 6.07) is 16.4. The molecular weight excluding hydrogens is 451 g/mol. The van der Waals surface area contributed by atoms with Crippen molar-refractivity contribution in [2.45, 2.75) is 20.8 Å². The number of amides is 1. The van der Waals surface area contributed by atoms with Gasteiger partial charge in [0.1, 0.15) is 0 Å². The molecular formula is C25H19Cl3N2O. The van der Waals surface area contributed by atoms with E-state index in [-0.39, 0.29) is 5.91 Å². The van der Waals surface area contributed by atoms with E-state index in [0.717, 1.165) is 27.6 Å². The van der Waals surface area contributed by atoms with Crippen LogP contribution in [0.1, 0.15) is 27.0 Å². The SMILES string of the molecule is Cc1cc(C)c2nc(-c3ccc(Cl)cc3Cl)cc(C(=O)Nc3cc(Cl)ccc3C)c2c1. The minimum Gasteiger partial charge on any atom is -0.322 e. The molecule has 3 nitrogen and oxygen atoms in total. The molecule has 1 aromatic heterocycles. The molecule has 0 saturated heterocycles. The van der Waals surface area contributed by atoms with Crippen LogP contribution in [-0.2, 0) is 0 Å². The van der Waals surface area contributed by atoms with Crippen molar-refractivity contribution < 1.29 is 4.79 Å². The van der Waals surface area contributed by atoms with Gasteiger partial charge in [-0.25, -0.2) is 4.98 Å². The Morgan fingerprint density at radius 1 is 0.839 bits per heavy atom. The van der Waals surface area contributed by atoms with Crippen molar-refractivity contribution in [3.63, 3.8) is 0 Å². The van der Waals surface area contributed by atoms with Gasteiger partial charge in [-0.1, -0.05) is 52.5 Å². The van der Waals surface area contributed by atoms with Crippen molar-refractivity contribution >= 4 is 57.3 Å². The second kappa shape index (κ2) is 8.51. The lowest BCUT2D eigenvalue weighted by Crippen LogP contribution is -2.14. The van der Waals surface area contributed by atoms with Crippen LogP contribution in [0.25, 0.3) is 22.2 Å². The van der Waals surface area contributed by atoms with E-state index in [1.807, 2.05) is 45.0 Å². The molecule has 0 bridgehead atoms. The fourth-order valence-electron chi connectivity index (χ4n) is 3.62. The second-order valence-electron chi connectivity index (χ2n) is 7.57. The molecule has 1 N–H and O–H groups in total. The summed E-state index contributed by atoms with van der Waals surface area (Å²) in [4.78, 5) is 18.2. The zero-order valence-corrected chi connectivity index (χ0v) is 19.5. The molecule has 31 heavy (non-hydrogen) atoms. The number of aryl methyl sites for hydroxylation is 3. The normalized spacial score (nSPS) is 11.0. The average Bonchev–Trinajstić information content (AvgIpc) is 2.70. The van der Waals surface area contributed by atoms with Crippen molar-refractivity contribution in [2.75, 3.05) is 5.32 Å². The van der Waals surface area contributed by atoms with Crippen molar-refractivity contribution in [1.29, 1.82) is 0 Å². The van der Waals surface area contributed by atoms with Crippen LogP contribution < -0.4 is 5.32 Å². The molecule has 0 fully saturated rings. The summed E-state index contributed by atoms with van der Waals surface area (Å²) >= 11 is 18.6. The Balaban J connectivity index is 1.92. The summed E-state index contributed by atoms with van der Waals surface area (Å²) in [7, 11) is 0. The molecule has 0 aliphatic carbocycles. The molecule has 6 heteroatoms. The third-order valence-electron chi connectivity index (χ3n) is 5.15. The highest BCUT2D eigenvalue weighted by Crippen LogP contribution is 2.33. The van der Waals surface area contributed by atoms with E-state index in [1.165, 1.54) is 0 Å². The smallest absolute Gasteiger partial charge is 0.256 e. The van der Waals surface area contributed by atoms with E-state index < -0.39 is 0 Å². The van der Waals surface area contributed by atoms with Gasteiger partial charge < -0.3 is 5.32 Å². The van der Waals surface area contributed by atoms with Gasteiger partial charge in [-0.15, -0.1) is 0 Å². The fraction of sp³-hybridized carbons (Fsp3) is 0.120. The van der Waals surface area contributed by atoms with Crippen LogP contribution >= 0.6 is 34.8 Å². The van der Waals surface area contributed by atoms with Crippen LogP contribution in [0.3, 0.4) is 0 Å². The molecule has 1 heterocycles. The van der Waals surface area contributed by atoms with E-state index in [2.05, 4.69) is 5.32 Å². The van der Waals surface area contributed by atoms with E-state index in [4.69, 9.17) is 39.8 Å². The largest absolute Gasteiger partial charge is 0.322 e. The molecule has 0 unspecified atom stereocenters.